The highest BCUT2D eigenvalue weighted by Crippen LogP contribution is 2.16. The van der Waals surface area contributed by atoms with Gasteiger partial charge in [0.2, 0.25) is 5.91 Å². The zero-order chi connectivity index (χ0) is 19.8. The molecule has 144 valence electrons. The maximum Gasteiger partial charge on any atom is 0.320 e. The molecule has 0 saturated carbocycles. The van der Waals surface area contributed by atoms with E-state index in [2.05, 4.69) is 25.8 Å². The van der Waals surface area contributed by atoms with Crippen molar-refractivity contribution < 1.29 is 14.7 Å². The first-order valence-electron chi connectivity index (χ1n) is 8.59. The fraction of sp³-hybridized carbons (Fsp3) is 0.389. The Balaban J connectivity index is 2.15. The van der Waals surface area contributed by atoms with Gasteiger partial charge in [0.05, 0.1) is 12.4 Å². The van der Waals surface area contributed by atoms with Crippen LogP contribution in [0.1, 0.15) is 26.0 Å². The third-order valence-corrected chi connectivity index (χ3v) is 3.94. The molecule has 0 aliphatic rings. The highest BCUT2D eigenvalue weighted by atomic mass is 16.4. The number of hydrogen-bond donors (Lipinski definition) is 4. The molecule has 0 bridgehead atoms. The van der Waals surface area contributed by atoms with E-state index in [4.69, 9.17) is 0 Å². The van der Waals surface area contributed by atoms with Gasteiger partial charge in [-0.2, -0.15) is 0 Å². The molecule has 0 radical (unpaired) electrons. The maximum absolute atomic E-state index is 12.8. The molecule has 0 saturated heterocycles. The monoisotopic (exact) mass is 373 g/mol. The summed E-state index contributed by atoms with van der Waals surface area (Å²) >= 11 is 0. The molecular formula is C18H23N5O4. The van der Waals surface area contributed by atoms with E-state index >= 15 is 0 Å². The van der Waals surface area contributed by atoms with Crippen molar-refractivity contribution in [3.8, 4) is 0 Å². The maximum atomic E-state index is 12.8. The van der Waals surface area contributed by atoms with Crippen molar-refractivity contribution in [2.75, 3.05) is 5.32 Å². The first-order chi connectivity index (χ1) is 12.9. The third-order valence-electron chi connectivity index (χ3n) is 3.94. The van der Waals surface area contributed by atoms with E-state index in [1.165, 1.54) is 18.5 Å². The summed E-state index contributed by atoms with van der Waals surface area (Å²) in [6.45, 7) is 3.84. The van der Waals surface area contributed by atoms with Crippen LogP contribution in [0, 0.1) is 10.8 Å². The van der Waals surface area contributed by atoms with Crippen molar-refractivity contribution in [1.82, 2.24) is 15.3 Å². The largest absolute Gasteiger partial charge is 0.480 e. The van der Waals surface area contributed by atoms with Crippen molar-refractivity contribution in [2.24, 2.45) is 11.1 Å². The number of carbonyl (C=O) groups is 2. The van der Waals surface area contributed by atoms with Gasteiger partial charge in [-0.05, 0) is 41.8 Å². The molecule has 0 aliphatic carbocycles. The third kappa shape index (κ3) is 6.30. The number of carbonyl (C=O) groups excluding carboxylic acids is 1. The molecule has 2 unspecified atom stereocenters. The predicted molar refractivity (Wildman–Crippen MR) is 101 cm³/mol. The minimum atomic E-state index is -1.01. The lowest BCUT2D eigenvalue weighted by Crippen LogP contribution is -2.50. The van der Waals surface area contributed by atoms with Gasteiger partial charge in [-0.25, -0.2) is 4.98 Å². The van der Waals surface area contributed by atoms with E-state index in [1.54, 1.807) is 18.3 Å². The van der Waals surface area contributed by atoms with Gasteiger partial charge in [0.1, 0.15) is 11.7 Å². The lowest BCUT2D eigenvalue weighted by molar-refractivity contribution is -0.140. The number of nitrogens with one attached hydrogen (secondary N) is 3. The molecule has 1 amide bonds. The van der Waals surface area contributed by atoms with Gasteiger partial charge in [-0.1, -0.05) is 13.8 Å². The molecule has 0 aliphatic heterocycles. The number of aromatic amines is 1. The molecule has 9 nitrogen and oxygen atoms in total. The number of benzene rings is 1. The summed E-state index contributed by atoms with van der Waals surface area (Å²) in [5.74, 6) is -1.24. The van der Waals surface area contributed by atoms with Crippen LogP contribution in [0.4, 0.5) is 11.4 Å². The minimum absolute atomic E-state index is 0.151. The van der Waals surface area contributed by atoms with Crippen molar-refractivity contribution in [3.63, 3.8) is 0 Å². The number of hydrogen-bond acceptors (Lipinski definition) is 6. The zero-order valence-electron chi connectivity index (χ0n) is 15.2. The summed E-state index contributed by atoms with van der Waals surface area (Å²) < 4.78 is 0. The average Bonchev–Trinajstić information content (AvgIpc) is 3.13. The van der Waals surface area contributed by atoms with E-state index in [0.717, 1.165) is 0 Å². The van der Waals surface area contributed by atoms with Gasteiger partial charge >= 0.3 is 5.97 Å². The van der Waals surface area contributed by atoms with Crippen molar-refractivity contribution in [1.29, 1.82) is 0 Å². The fourth-order valence-corrected chi connectivity index (χ4v) is 2.63. The number of imidazole rings is 1. The average molecular weight is 373 g/mol. The van der Waals surface area contributed by atoms with Crippen molar-refractivity contribution in [3.05, 3.63) is 47.4 Å². The summed E-state index contributed by atoms with van der Waals surface area (Å²) in [5, 5.41) is 18.0. The topological polar surface area (TPSA) is 137 Å². The molecule has 0 spiro atoms. The molecule has 2 rings (SSSR count). The number of amides is 1. The van der Waals surface area contributed by atoms with E-state index in [0.29, 0.717) is 17.8 Å². The standard InChI is InChI=1S/C18H23N5O4/c1-11(2)7-16(18(25)26)22-15(8-14-9-19-10-20-14)17(24)21-12-3-5-13(23-27)6-4-12/h3-6,9-11,15-16,22H,7-8H2,1-2H3,(H,19,20)(H,21,24)(H,25,26). The normalized spacial score (nSPS) is 13.1. The second-order valence-electron chi connectivity index (χ2n) is 6.65. The van der Waals surface area contributed by atoms with Crippen LogP contribution in [0.15, 0.2) is 42.0 Å². The van der Waals surface area contributed by atoms with Gasteiger partial charge in [0.15, 0.2) is 0 Å². The molecule has 1 heterocycles. The first kappa shape index (κ1) is 20.2. The lowest BCUT2D eigenvalue weighted by Gasteiger charge is -2.23. The molecule has 1 aromatic heterocycles. The number of nitroso groups, excluding NO2 is 1. The lowest BCUT2D eigenvalue weighted by atomic mass is 10.0. The molecule has 9 heteroatoms. The van der Waals surface area contributed by atoms with Crippen LogP contribution in [0.3, 0.4) is 0 Å². The Kier molecular flexibility index (Phi) is 7.18. The van der Waals surface area contributed by atoms with Crippen molar-refractivity contribution in [2.45, 2.75) is 38.8 Å². The molecule has 1 aromatic carbocycles. The Labute approximate surface area is 156 Å². The number of rotatable bonds is 10. The van der Waals surface area contributed by atoms with Gasteiger partial charge < -0.3 is 15.4 Å². The van der Waals surface area contributed by atoms with Crippen LogP contribution in [0.25, 0.3) is 0 Å². The Morgan fingerprint density at radius 1 is 1.22 bits per heavy atom. The number of carboxylic acid groups (broad SMARTS) is 1. The molecule has 4 N–H and O–H groups in total. The Morgan fingerprint density at radius 2 is 1.93 bits per heavy atom. The Morgan fingerprint density at radius 3 is 2.44 bits per heavy atom. The molecule has 27 heavy (non-hydrogen) atoms. The summed E-state index contributed by atoms with van der Waals surface area (Å²) in [4.78, 5) is 41.7. The van der Waals surface area contributed by atoms with Crippen LogP contribution < -0.4 is 10.6 Å². The van der Waals surface area contributed by atoms with E-state index in [9.17, 15) is 19.6 Å². The van der Waals surface area contributed by atoms with Crippen LogP contribution in [0.5, 0.6) is 0 Å². The van der Waals surface area contributed by atoms with Crippen LogP contribution >= 0.6 is 0 Å². The number of anilines is 1. The summed E-state index contributed by atoms with van der Waals surface area (Å²) in [7, 11) is 0. The molecular weight excluding hydrogens is 350 g/mol. The number of H-pyrrole nitrogens is 1. The van der Waals surface area contributed by atoms with E-state index in [1.807, 2.05) is 13.8 Å². The number of aliphatic carboxylic acids is 1. The van der Waals surface area contributed by atoms with Crippen LogP contribution in [-0.4, -0.2) is 39.0 Å². The van der Waals surface area contributed by atoms with Gasteiger partial charge in [0.25, 0.3) is 0 Å². The minimum Gasteiger partial charge on any atom is -0.480 e. The Hall–Kier alpha value is -3.07. The highest BCUT2D eigenvalue weighted by Gasteiger charge is 2.27. The Bertz CT molecular complexity index is 759. The van der Waals surface area contributed by atoms with Gasteiger partial charge in [-0.3, -0.25) is 14.9 Å². The quantitative estimate of drug-likeness (QED) is 0.472. The van der Waals surface area contributed by atoms with Crippen molar-refractivity contribution >= 4 is 23.3 Å². The van der Waals surface area contributed by atoms with Gasteiger partial charge in [-0.15, -0.1) is 4.91 Å². The zero-order valence-corrected chi connectivity index (χ0v) is 15.2. The summed E-state index contributed by atoms with van der Waals surface area (Å²) in [6.07, 6.45) is 3.73. The van der Waals surface area contributed by atoms with E-state index in [-0.39, 0.29) is 23.9 Å². The van der Waals surface area contributed by atoms with Crippen LogP contribution in [0.2, 0.25) is 0 Å². The fourth-order valence-electron chi connectivity index (χ4n) is 2.63. The number of nitrogens with zero attached hydrogens (tertiary/aromatic N) is 2. The molecule has 0 fully saturated rings. The number of aromatic nitrogens is 2. The predicted octanol–water partition coefficient (Wildman–Crippen LogP) is 2.45. The molecule has 2 atom stereocenters. The highest BCUT2D eigenvalue weighted by molar-refractivity contribution is 5.95. The summed E-state index contributed by atoms with van der Waals surface area (Å²) in [6, 6.07) is 4.45. The number of carboxylic acids is 1. The second kappa shape index (κ2) is 9.58. The first-order valence-corrected chi connectivity index (χ1v) is 8.59. The summed E-state index contributed by atoms with van der Waals surface area (Å²) in [5.41, 5.74) is 1.44. The molecule has 2 aromatic rings. The SMILES string of the molecule is CC(C)CC(NC(Cc1cnc[nH]1)C(=O)Nc1ccc(N=O)cc1)C(=O)O. The van der Waals surface area contributed by atoms with Crippen LogP contribution in [-0.2, 0) is 16.0 Å². The second-order valence-corrected chi connectivity index (χ2v) is 6.65. The smallest absolute Gasteiger partial charge is 0.320 e. The van der Waals surface area contributed by atoms with Gasteiger partial charge in [0, 0.05) is 24.0 Å². The van der Waals surface area contributed by atoms with E-state index < -0.39 is 18.1 Å².